The largest absolute Gasteiger partial charge is 0.485 e. The van der Waals surface area contributed by atoms with Crippen molar-refractivity contribution in [2.24, 2.45) is 0 Å². The molecule has 1 heteroatoms. The van der Waals surface area contributed by atoms with Gasteiger partial charge in [0.1, 0.15) is 11.9 Å². The zero-order chi connectivity index (χ0) is 10.8. The number of ether oxygens (including phenoxy) is 1. The molecule has 1 aliphatic rings. The molecular formula is C15H14O. The molecule has 0 radical (unpaired) electrons. The molecule has 0 saturated carbocycles. The Morgan fingerprint density at radius 2 is 1.62 bits per heavy atom. The van der Waals surface area contributed by atoms with Gasteiger partial charge in [0, 0.05) is 0 Å². The predicted octanol–water partition coefficient (Wildman–Crippen LogP) is 3.75. The zero-order valence-electron chi connectivity index (χ0n) is 9.10. The molecule has 0 N–H and O–H groups in total. The van der Waals surface area contributed by atoms with E-state index in [-0.39, 0.29) is 6.10 Å². The van der Waals surface area contributed by atoms with E-state index in [1.807, 2.05) is 12.1 Å². The summed E-state index contributed by atoms with van der Waals surface area (Å²) in [6.45, 7) is 0. The molecule has 2 aromatic carbocycles. The van der Waals surface area contributed by atoms with Crippen molar-refractivity contribution < 1.29 is 4.74 Å². The van der Waals surface area contributed by atoms with Crippen LogP contribution < -0.4 is 4.74 Å². The highest BCUT2D eigenvalue weighted by Gasteiger charge is 2.20. The number of hydrogen-bond donors (Lipinski definition) is 0. The Bertz CT molecular complexity index is 476. The van der Waals surface area contributed by atoms with Crippen LogP contribution in [0.3, 0.4) is 0 Å². The fourth-order valence-electron chi connectivity index (χ4n) is 2.23. The van der Waals surface area contributed by atoms with Gasteiger partial charge in [-0.1, -0.05) is 48.5 Å². The van der Waals surface area contributed by atoms with Crippen molar-refractivity contribution in [1.82, 2.24) is 0 Å². The lowest BCUT2D eigenvalue weighted by molar-refractivity contribution is 0.176. The van der Waals surface area contributed by atoms with Crippen LogP contribution in [0.1, 0.15) is 23.7 Å². The molecule has 0 unspecified atom stereocenters. The van der Waals surface area contributed by atoms with Gasteiger partial charge in [0.2, 0.25) is 0 Å². The molecule has 0 saturated heterocycles. The third kappa shape index (κ3) is 1.69. The second-order valence-corrected chi connectivity index (χ2v) is 4.16. The van der Waals surface area contributed by atoms with Gasteiger partial charge in [0.25, 0.3) is 0 Å². The lowest BCUT2D eigenvalue weighted by atomic mass is 9.98. The standard InChI is InChI=1S/C15H14O/c1-2-6-12(7-3-1)15-11-10-13-8-4-5-9-14(13)16-15/h1-9,15H,10-11H2/t15-/m0/s1. The highest BCUT2D eigenvalue weighted by atomic mass is 16.5. The Hall–Kier alpha value is -1.76. The van der Waals surface area contributed by atoms with Crippen LogP contribution in [0.5, 0.6) is 5.75 Å². The molecule has 80 valence electrons. The summed E-state index contributed by atoms with van der Waals surface area (Å²) < 4.78 is 6.02. The van der Waals surface area contributed by atoms with E-state index in [0.717, 1.165) is 18.6 Å². The van der Waals surface area contributed by atoms with E-state index >= 15 is 0 Å². The number of rotatable bonds is 1. The second kappa shape index (κ2) is 4.01. The zero-order valence-corrected chi connectivity index (χ0v) is 9.10. The first-order valence-corrected chi connectivity index (χ1v) is 5.73. The van der Waals surface area contributed by atoms with Gasteiger partial charge in [-0.25, -0.2) is 0 Å². The smallest absolute Gasteiger partial charge is 0.124 e. The van der Waals surface area contributed by atoms with Crippen LogP contribution >= 0.6 is 0 Å². The molecule has 0 bridgehead atoms. The summed E-state index contributed by atoms with van der Waals surface area (Å²) in [6, 6.07) is 18.8. The number of benzene rings is 2. The van der Waals surface area contributed by atoms with E-state index in [2.05, 4.69) is 42.5 Å². The molecule has 0 aromatic heterocycles. The van der Waals surface area contributed by atoms with Crippen LogP contribution in [0, 0.1) is 0 Å². The number of para-hydroxylation sites is 1. The molecule has 1 aliphatic heterocycles. The number of aryl methyl sites for hydroxylation is 1. The van der Waals surface area contributed by atoms with Crippen molar-refractivity contribution in [2.75, 3.05) is 0 Å². The van der Waals surface area contributed by atoms with Gasteiger partial charge < -0.3 is 4.74 Å². The highest BCUT2D eigenvalue weighted by Crippen LogP contribution is 2.34. The molecular weight excluding hydrogens is 196 g/mol. The number of hydrogen-bond acceptors (Lipinski definition) is 1. The summed E-state index contributed by atoms with van der Waals surface area (Å²) in [5.74, 6) is 1.04. The van der Waals surface area contributed by atoms with Crippen molar-refractivity contribution in [3.63, 3.8) is 0 Å². The normalized spacial score (nSPS) is 18.6. The fourth-order valence-corrected chi connectivity index (χ4v) is 2.23. The summed E-state index contributed by atoms with van der Waals surface area (Å²) in [6.07, 6.45) is 2.40. The molecule has 1 atom stereocenters. The molecule has 1 nitrogen and oxygen atoms in total. The molecule has 1 heterocycles. The predicted molar refractivity (Wildman–Crippen MR) is 64.6 cm³/mol. The van der Waals surface area contributed by atoms with Crippen LogP contribution in [0.2, 0.25) is 0 Å². The van der Waals surface area contributed by atoms with Crippen molar-refractivity contribution in [3.8, 4) is 5.75 Å². The molecule has 2 aromatic rings. The Morgan fingerprint density at radius 3 is 2.50 bits per heavy atom. The summed E-state index contributed by atoms with van der Waals surface area (Å²) in [4.78, 5) is 0. The van der Waals surface area contributed by atoms with Crippen LogP contribution in [0.25, 0.3) is 0 Å². The Labute approximate surface area is 95.7 Å². The first-order chi connectivity index (χ1) is 7.93. The van der Waals surface area contributed by atoms with Crippen LogP contribution in [-0.2, 0) is 6.42 Å². The lowest BCUT2D eigenvalue weighted by Gasteiger charge is -2.26. The first kappa shape index (κ1) is 9.46. The maximum Gasteiger partial charge on any atom is 0.124 e. The monoisotopic (exact) mass is 210 g/mol. The van der Waals surface area contributed by atoms with Crippen molar-refractivity contribution in [1.29, 1.82) is 0 Å². The van der Waals surface area contributed by atoms with Gasteiger partial charge in [0.05, 0.1) is 0 Å². The van der Waals surface area contributed by atoms with Gasteiger partial charge in [-0.3, -0.25) is 0 Å². The fraction of sp³-hybridized carbons (Fsp3) is 0.200. The van der Waals surface area contributed by atoms with E-state index in [1.54, 1.807) is 0 Å². The molecule has 0 fully saturated rings. The van der Waals surface area contributed by atoms with Gasteiger partial charge >= 0.3 is 0 Å². The third-order valence-corrected chi connectivity index (χ3v) is 3.09. The Morgan fingerprint density at radius 1 is 0.875 bits per heavy atom. The third-order valence-electron chi connectivity index (χ3n) is 3.09. The summed E-state index contributed by atoms with van der Waals surface area (Å²) in [7, 11) is 0. The summed E-state index contributed by atoms with van der Waals surface area (Å²) in [5, 5.41) is 0. The summed E-state index contributed by atoms with van der Waals surface area (Å²) in [5.41, 5.74) is 2.60. The number of fused-ring (bicyclic) bond motifs is 1. The van der Waals surface area contributed by atoms with Gasteiger partial charge in [-0.05, 0) is 30.0 Å². The minimum Gasteiger partial charge on any atom is -0.485 e. The van der Waals surface area contributed by atoms with Crippen LogP contribution in [0.4, 0.5) is 0 Å². The van der Waals surface area contributed by atoms with E-state index in [9.17, 15) is 0 Å². The SMILES string of the molecule is c1ccc([C@@H]2CCc3ccccc3O2)cc1. The van der Waals surface area contributed by atoms with E-state index in [4.69, 9.17) is 4.74 Å². The molecule has 0 spiro atoms. The van der Waals surface area contributed by atoms with Gasteiger partial charge in [-0.2, -0.15) is 0 Å². The lowest BCUT2D eigenvalue weighted by Crippen LogP contribution is -2.14. The van der Waals surface area contributed by atoms with Gasteiger partial charge in [0.15, 0.2) is 0 Å². The van der Waals surface area contributed by atoms with E-state index in [1.165, 1.54) is 11.1 Å². The maximum absolute atomic E-state index is 6.02. The summed E-state index contributed by atoms with van der Waals surface area (Å²) >= 11 is 0. The van der Waals surface area contributed by atoms with Crippen molar-refractivity contribution in [2.45, 2.75) is 18.9 Å². The first-order valence-electron chi connectivity index (χ1n) is 5.73. The van der Waals surface area contributed by atoms with Crippen LogP contribution in [-0.4, -0.2) is 0 Å². The molecule has 16 heavy (non-hydrogen) atoms. The Balaban J connectivity index is 1.89. The molecule has 3 rings (SSSR count). The maximum atomic E-state index is 6.02. The van der Waals surface area contributed by atoms with Crippen molar-refractivity contribution in [3.05, 3.63) is 65.7 Å². The van der Waals surface area contributed by atoms with Gasteiger partial charge in [-0.15, -0.1) is 0 Å². The molecule has 0 amide bonds. The van der Waals surface area contributed by atoms with E-state index < -0.39 is 0 Å². The average Bonchev–Trinajstić information content (AvgIpc) is 2.39. The quantitative estimate of drug-likeness (QED) is 0.696. The average molecular weight is 210 g/mol. The van der Waals surface area contributed by atoms with Crippen molar-refractivity contribution >= 4 is 0 Å². The highest BCUT2D eigenvalue weighted by molar-refractivity contribution is 5.36. The van der Waals surface area contributed by atoms with E-state index in [0.29, 0.717) is 0 Å². The molecule has 0 aliphatic carbocycles. The minimum atomic E-state index is 0.219. The second-order valence-electron chi connectivity index (χ2n) is 4.16. The van der Waals surface area contributed by atoms with Crippen LogP contribution in [0.15, 0.2) is 54.6 Å². The Kier molecular flexibility index (Phi) is 2.37. The topological polar surface area (TPSA) is 9.23 Å². The minimum absolute atomic E-state index is 0.219.